The summed E-state index contributed by atoms with van der Waals surface area (Å²) in [5, 5.41) is 4.22. The Morgan fingerprint density at radius 2 is 1.65 bits per heavy atom. The lowest BCUT2D eigenvalue weighted by Crippen LogP contribution is -2.41. The van der Waals surface area contributed by atoms with Crippen molar-refractivity contribution in [2.75, 3.05) is 32.6 Å². The van der Waals surface area contributed by atoms with E-state index in [1.54, 1.807) is 14.2 Å². The Balaban J connectivity index is 1.24. The second kappa shape index (κ2) is 10.7. The van der Waals surface area contributed by atoms with Gasteiger partial charge in [-0.05, 0) is 48.9 Å². The van der Waals surface area contributed by atoms with Gasteiger partial charge < -0.3 is 24.4 Å². The van der Waals surface area contributed by atoms with Gasteiger partial charge in [-0.3, -0.25) is 4.79 Å². The highest BCUT2D eigenvalue weighted by molar-refractivity contribution is 5.94. The number of nitrogens with zero attached hydrogens (tertiary/aromatic N) is 3. The number of methoxy groups -OCH3 is 2. The molecule has 1 N–H and O–H groups in total. The molecule has 2 heterocycles. The van der Waals surface area contributed by atoms with Crippen LogP contribution in [0.3, 0.4) is 0 Å². The van der Waals surface area contributed by atoms with Crippen LogP contribution in [0.25, 0.3) is 10.9 Å². The number of aromatic nitrogens is 2. The number of likely N-dealkylation sites (tertiary alicyclic amines) is 1. The smallest absolute Gasteiger partial charge is 0.253 e. The second-order valence-electron chi connectivity index (χ2n) is 9.03. The van der Waals surface area contributed by atoms with Crippen LogP contribution >= 0.6 is 0 Å². The largest absolute Gasteiger partial charge is 0.493 e. The van der Waals surface area contributed by atoms with Crippen LogP contribution in [0.5, 0.6) is 17.2 Å². The lowest BCUT2D eigenvalue weighted by atomic mass is 10.1. The molecule has 0 unspecified atom stereocenters. The van der Waals surface area contributed by atoms with Gasteiger partial charge in [-0.1, -0.05) is 18.2 Å². The number of nitrogens with one attached hydrogen (secondary N) is 1. The van der Waals surface area contributed by atoms with Crippen LogP contribution in [0.4, 0.5) is 11.5 Å². The fraction of sp³-hybridized carbons (Fsp3) is 0.276. The Morgan fingerprint density at radius 1 is 0.919 bits per heavy atom. The number of fused-ring (bicyclic) bond motifs is 1. The third-order valence-corrected chi connectivity index (χ3v) is 6.62. The number of piperidine rings is 1. The van der Waals surface area contributed by atoms with Gasteiger partial charge in [-0.2, -0.15) is 0 Å². The molecule has 190 valence electrons. The standard InChI is InChI=1S/C29H30N4O4/c1-19-15-21(32-28-23-16-26(35-2)27(36-3)17-24(23)30-18-31-28)9-10-25(19)37-22-11-13-33(14-12-22)29(34)20-7-5-4-6-8-20/h4-10,15-18,22H,11-14H2,1-3H3,(H,30,31,32). The Labute approximate surface area is 216 Å². The van der Waals surface area contributed by atoms with Crippen molar-refractivity contribution in [3.8, 4) is 17.2 Å². The van der Waals surface area contributed by atoms with E-state index in [0.29, 0.717) is 30.4 Å². The molecule has 5 rings (SSSR count). The molecule has 0 bridgehead atoms. The third-order valence-electron chi connectivity index (χ3n) is 6.62. The van der Waals surface area contributed by atoms with Crippen molar-refractivity contribution in [2.45, 2.75) is 25.9 Å². The van der Waals surface area contributed by atoms with E-state index in [1.807, 2.05) is 72.5 Å². The van der Waals surface area contributed by atoms with Crippen LogP contribution in [0.2, 0.25) is 0 Å². The molecule has 1 amide bonds. The van der Waals surface area contributed by atoms with E-state index in [4.69, 9.17) is 14.2 Å². The van der Waals surface area contributed by atoms with Gasteiger partial charge in [0, 0.05) is 48.6 Å². The van der Waals surface area contributed by atoms with Crippen LogP contribution < -0.4 is 19.5 Å². The molecule has 4 aromatic rings. The molecule has 8 nitrogen and oxygen atoms in total. The van der Waals surface area contributed by atoms with Crippen molar-refractivity contribution in [3.63, 3.8) is 0 Å². The zero-order valence-electron chi connectivity index (χ0n) is 21.2. The summed E-state index contributed by atoms with van der Waals surface area (Å²) in [6.45, 7) is 3.40. The molecule has 1 aliphatic heterocycles. The van der Waals surface area contributed by atoms with Crippen molar-refractivity contribution in [3.05, 3.63) is 78.1 Å². The predicted molar refractivity (Wildman–Crippen MR) is 143 cm³/mol. The van der Waals surface area contributed by atoms with E-state index in [0.717, 1.165) is 46.3 Å². The van der Waals surface area contributed by atoms with Crippen molar-refractivity contribution in [2.24, 2.45) is 0 Å². The summed E-state index contributed by atoms with van der Waals surface area (Å²) in [5.74, 6) is 2.84. The molecule has 0 radical (unpaired) electrons. The summed E-state index contributed by atoms with van der Waals surface area (Å²) in [5.41, 5.74) is 3.40. The highest BCUT2D eigenvalue weighted by Crippen LogP contribution is 2.35. The zero-order valence-corrected chi connectivity index (χ0v) is 21.2. The molecular formula is C29H30N4O4. The first kappa shape index (κ1) is 24.4. The summed E-state index contributed by atoms with van der Waals surface area (Å²) in [6, 6.07) is 19.1. The van der Waals surface area contributed by atoms with Crippen molar-refractivity contribution in [1.82, 2.24) is 14.9 Å². The summed E-state index contributed by atoms with van der Waals surface area (Å²) in [4.78, 5) is 23.4. The Kier molecular flexibility index (Phi) is 7.07. The van der Waals surface area contributed by atoms with Crippen LogP contribution in [-0.4, -0.2) is 54.2 Å². The Bertz CT molecular complexity index is 1400. The van der Waals surface area contributed by atoms with Gasteiger partial charge in [0.1, 0.15) is 24.0 Å². The molecule has 0 atom stereocenters. The van der Waals surface area contributed by atoms with Crippen LogP contribution in [0.15, 0.2) is 67.0 Å². The van der Waals surface area contributed by atoms with Gasteiger partial charge in [0.15, 0.2) is 11.5 Å². The molecular weight excluding hydrogens is 468 g/mol. The average Bonchev–Trinajstić information content (AvgIpc) is 2.94. The average molecular weight is 499 g/mol. The normalized spacial score (nSPS) is 13.9. The van der Waals surface area contributed by atoms with Gasteiger partial charge in [0.2, 0.25) is 0 Å². The van der Waals surface area contributed by atoms with Crippen LogP contribution in [-0.2, 0) is 0 Å². The lowest BCUT2D eigenvalue weighted by Gasteiger charge is -2.32. The van der Waals surface area contributed by atoms with Gasteiger partial charge in [-0.15, -0.1) is 0 Å². The summed E-state index contributed by atoms with van der Waals surface area (Å²) >= 11 is 0. The first-order valence-corrected chi connectivity index (χ1v) is 12.3. The van der Waals surface area contributed by atoms with E-state index in [9.17, 15) is 4.79 Å². The summed E-state index contributed by atoms with van der Waals surface area (Å²) in [6.07, 6.45) is 3.20. The number of amides is 1. The summed E-state index contributed by atoms with van der Waals surface area (Å²) < 4.78 is 17.2. The number of rotatable bonds is 7. The van der Waals surface area contributed by atoms with E-state index in [-0.39, 0.29) is 12.0 Å². The molecule has 37 heavy (non-hydrogen) atoms. The molecule has 1 saturated heterocycles. The number of benzene rings is 3. The molecule has 3 aromatic carbocycles. The maximum atomic E-state index is 12.7. The maximum Gasteiger partial charge on any atom is 0.253 e. The fourth-order valence-electron chi connectivity index (χ4n) is 4.60. The number of hydrogen-bond acceptors (Lipinski definition) is 7. The third kappa shape index (κ3) is 5.28. The minimum Gasteiger partial charge on any atom is -0.493 e. The number of hydrogen-bond donors (Lipinski definition) is 1. The van der Waals surface area contributed by atoms with E-state index in [1.165, 1.54) is 6.33 Å². The van der Waals surface area contributed by atoms with Crippen molar-refractivity contribution in [1.29, 1.82) is 0 Å². The highest BCUT2D eigenvalue weighted by atomic mass is 16.5. The molecule has 1 aromatic heterocycles. The number of aryl methyl sites for hydroxylation is 1. The van der Waals surface area contributed by atoms with E-state index in [2.05, 4.69) is 15.3 Å². The maximum absolute atomic E-state index is 12.7. The van der Waals surface area contributed by atoms with Gasteiger partial charge in [-0.25, -0.2) is 9.97 Å². The highest BCUT2D eigenvalue weighted by Gasteiger charge is 2.25. The van der Waals surface area contributed by atoms with Crippen molar-refractivity contribution < 1.29 is 19.0 Å². The number of ether oxygens (including phenoxy) is 3. The SMILES string of the molecule is COc1cc2ncnc(Nc3ccc(OC4CCN(C(=O)c5ccccc5)CC4)c(C)c3)c2cc1OC. The quantitative estimate of drug-likeness (QED) is 0.366. The number of carbonyl (C=O) groups excluding carboxylic acids is 1. The molecule has 8 heteroatoms. The van der Waals surface area contributed by atoms with Gasteiger partial charge in [0.25, 0.3) is 5.91 Å². The number of anilines is 2. The van der Waals surface area contributed by atoms with E-state index >= 15 is 0 Å². The molecule has 1 fully saturated rings. The first-order chi connectivity index (χ1) is 18.1. The van der Waals surface area contributed by atoms with Crippen molar-refractivity contribution >= 4 is 28.3 Å². The zero-order chi connectivity index (χ0) is 25.8. The van der Waals surface area contributed by atoms with Gasteiger partial charge >= 0.3 is 0 Å². The van der Waals surface area contributed by atoms with E-state index < -0.39 is 0 Å². The number of carbonyl (C=O) groups is 1. The monoisotopic (exact) mass is 498 g/mol. The topological polar surface area (TPSA) is 85.8 Å². The predicted octanol–water partition coefficient (Wildman–Crippen LogP) is 5.38. The molecule has 1 aliphatic rings. The van der Waals surface area contributed by atoms with Gasteiger partial charge in [0.05, 0.1) is 19.7 Å². The van der Waals surface area contributed by atoms with Crippen LogP contribution in [0, 0.1) is 6.92 Å². The minimum absolute atomic E-state index is 0.0746. The molecule has 0 saturated carbocycles. The second-order valence-corrected chi connectivity index (χ2v) is 9.03. The molecule has 0 aliphatic carbocycles. The minimum atomic E-state index is 0.0746. The first-order valence-electron chi connectivity index (χ1n) is 12.3. The fourth-order valence-corrected chi connectivity index (χ4v) is 4.60. The summed E-state index contributed by atoms with van der Waals surface area (Å²) in [7, 11) is 3.21. The molecule has 0 spiro atoms. The lowest BCUT2D eigenvalue weighted by molar-refractivity contribution is 0.0594. The van der Waals surface area contributed by atoms with Crippen LogP contribution in [0.1, 0.15) is 28.8 Å². The Hall–Kier alpha value is -4.33. The Morgan fingerprint density at radius 3 is 2.35 bits per heavy atom.